The van der Waals surface area contributed by atoms with Crippen molar-refractivity contribution in [2.75, 3.05) is 23.0 Å². The van der Waals surface area contributed by atoms with E-state index in [0.29, 0.717) is 22.7 Å². The SMILES string of the molecule is O=C1CSc2ccc(C(=O)Nc3ccc(OCC(F)(F)F)cc3)cc2N1. The summed E-state index contributed by atoms with van der Waals surface area (Å²) in [5, 5.41) is 5.34. The standard InChI is InChI=1S/C17H13F3N2O3S/c18-17(19,20)9-25-12-4-2-11(3-5-12)21-16(24)10-1-6-14-13(7-10)22-15(23)8-26-14/h1-7H,8-9H2,(H,21,24)(H,22,23). The van der Waals surface area contributed by atoms with E-state index in [1.54, 1.807) is 18.2 Å². The van der Waals surface area contributed by atoms with Crippen LogP contribution >= 0.6 is 11.8 Å². The molecule has 0 saturated heterocycles. The van der Waals surface area contributed by atoms with E-state index in [1.807, 2.05) is 0 Å². The van der Waals surface area contributed by atoms with Gasteiger partial charge in [-0.1, -0.05) is 0 Å². The molecule has 1 aliphatic heterocycles. The summed E-state index contributed by atoms with van der Waals surface area (Å²) in [6.45, 7) is -1.38. The first-order valence-electron chi connectivity index (χ1n) is 7.48. The number of benzene rings is 2. The largest absolute Gasteiger partial charge is 0.484 e. The molecule has 0 atom stereocenters. The van der Waals surface area contributed by atoms with Crippen LogP contribution in [0.1, 0.15) is 10.4 Å². The fraction of sp³-hybridized carbons (Fsp3) is 0.176. The predicted octanol–water partition coefficient (Wildman–Crippen LogP) is 3.92. The number of carbonyl (C=O) groups excluding carboxylic acids is 2. The highest BCUT2D eigenvalue weighted by Gasteiger charge is 2.28. The number of thioether (sulfide) groups is 1. The molecule has 0 saturated carbocycles. The minimum Gasteiger partial charge on any atom is -0.484 e. The number of rotatable bonds is 4. The number of hydrogen-bond donors (Lipinski definition) is 2. The van der Waals surface area contributed by atoms with Crippen molar-refractivity contribution in [2.45, 2.75) is 11.1 Å². The van der Waals surface area contributed by atoms with E-state index in [0.717, 1.165) is 4.90 Å². The van der Waals surface area contributed by atoms with Crippen LogP contribution in [0.25, 0.3) is 0 Å². The third kappa shape index (κ3) is 4.69. The maximum absolute atomic E-state index is 12.3. The molecule has 136 valence electrons. The number of amides is 2. The molecule has 0 unspecified atom stereocenters. The summed E-state index contributed by atoms with van der Waals surface area (Å²) in [7, 11) is 0. The Bertz CT molecular complexity index is 838. The van der Waals surface area contributed by atoms with E-state index in [2.05, 4.69) is 15.4 Å². The molecule has 2 aromatic carbocycles. The summed E-state index contributed by atoms with van der Waals surface area (Å²) in [6, 6.07) is 10.5. The van der Waals surface area contributed by atoms with Gasteiger partial charge in [0.2, 0.25) is 5.91 Å². The van der Waals surface area contributed by atoms with Gasteiger partial charge < -0.3 is 15.4 Å². The Morgan fingerprint density at radius 3 is 2.62 bits per heavy atom. The van der Waals surface area contributed by atoms with Gasteiger partial charge in [0.1, 0.15) is 5.75 Å². The van der Waals surface area contributed by atoms with Crippen LogP contribution in [-0.2, 0) is 4.79 Å². The summed E-state index contributed by atoms with van der Waals surface area (Å²) < 4.78 is 41.0. The average molecular weight is 382 g/mol. The van der Waals surface area contributed by atoms with Crippen molar-refractivity contribution in [3.8, 4) is 5.75 Å². The monoisotopic (exact) mass is 382 g/mol. The smallest absolute Gasteiger partial charge is 0.422 e. The maximum atomic E-state index is 12.3. The Morgan fingerprint density at radius 1 is 1.19 bits per heavy atom. The number of hydrogen-bond acceptors (Lipinski definition) is 4. The second-order valence-corrected chi connectivity index (χ2v) is 6.45. The number of anilines is 2. The van der Waals surface area contributed by atoms with Crippen molar-refractivity contribution >= 4 is 35.0 Å². The molecular weight excluding hydrogens is 369 g/mol. The summed E-state index contributed by atoms with van der Waals surface area (Å²) >= 11 is 1.39. The lowest BCUT2D eigenvalue weighted by molar-refractivity contribution is -0.153. The van der Waals surface area contributed by atoms with Gasteiger partial charge in [-0.25, -0.2) is 0 Å². The van der Waals surface area contributed by atoms with Gasteiger partial charge in [0.15, 0.2) is 6.61 Å². The fourth-order valence-electron chi connectivity index (χ4n) is 2.23. The Hall–Kier alpha value is -2.68. The molecule has 9 heteroatoms. The molecule has 0 aliphatic carbocycles. The second kappa shape index (κ2) is 7.28. The summed E-state index contributed by atoms with van der Waals surface area (Å²) in [6.07, 6.45) is -4.41. The van der Waals surface area contributed by atoms with Crippen LogP contribution in [-0.4, -0.2) is 30.4 Å². The van der Waals surface area contributed by atoms with Gasteiger partial charge in [-0.2, -0.15) is 13.2 Å². The zero-order valence-electron chi connectivity index (χ0n) is 13.2. The molecule has 2 aromatic rings. The minimum atomic E-state index is -4.41. The van der Waals surface area contributed by atoms with Gasteiger partial charge in [-0.15, -0.1) is 11.8 Å². The highest BCUT2D eigenvalue weighted by molar-refractivity contribution is 8.00. The third-order valence-electron chi connectivity index (χ3n) is 3.39. The van der Waals surface area contributed by atoms with Gasteiger partial charge in [0.05, 0.1) is 11.4 Å². The van der Waals surface area contributed by atoms with E-state index in [-0.39, 0.29) is 11.7 Å². The van der Waals surface area contributed by atoms with Crippen molar-refractivity contribution in [3.05, 3.63) is 48.0 Å². The highest BCUT2D eigenvalue weighted by Crippen LogP contribution is 2.32. The maximum Gasteiger partial charge on any atom is 0.422 e. The van der Waals surface area contributed by atoms with Crippen molar-refractivity contribution in [2.24, 2.45) is 0 Å². The molecule has 2 N–H and O–H groups in total. The summed E-state index contributed by atoms with van der Waals surface area (Å²) in [5.74, 6) is -0.147. The quantitative estimate of drug-likeness (QED) is 0.841. The van der Waals surface area contributed by atoms with Crippen molar-refractivity contribution < 1.29 is 27.5 Å². The molecule has 2 amide bonds. The van der Waals surface area contributed by atoms with Gasteiger partial charge in [-0.3, -0.25) is 9.59 Å². The van der Waals surface area contributed by atoms with Crippen molar-refractivity contribution in [1.29, 1.82) is 0 Å². The van der Waals surface area contributed by atoms with Gasteiger partial charge in [0, 0.05) is 16.1 Å². The lowest BCUT2D eigenvalue weighted by Gasteiger charge is -2.17. The Labute approximate surface area is 150 Å². The van der Waals surface area contributed by atoms with Crippen molar-refractivity contribution in [1.82, 2.24) is 0 Å². The Kier molecular flexibility index (Phi) is 5.08. The fourth-order valence-corrected chi connectivity index (χ4v) is 3.02. The highest BCUT2D eigenvalue weighted by atomic mass is 32.2. The first kappa shape index (κ1) is 18.1. The molecule has 5 nitrogen and oxygen atoms in total. The van der Waals surface area contributed by atoms with E-state index >= 15 is 0 Å². The predicted molar refractivity (Wildman–Crippen MR) is 91.7 cm³/mol. The molecule has 1 heterocycles. The average Bonchev–Trinajstić information content (AvgIpc) is 2.59. The molecule has 0 fully saturated rings. The van der Waals surface area contributed by atoms with E-state index in [4.69, 9.17) is 0 Å². The van der Waals surface area contributed by atoms with Gasteiger partial charge >= 0.3 is 6.18 Å². The van der Waals surface area contributed by atoms with Crippen LogP contribution in [0.2, 0.25) is 0 Å². The molecule has 26 heavy (non-hydrogen) atoms. The summed E-state index contributed by atoms with van der Waals surface area (Å²) in [4.78, 5) is 24.6. The number of halogens is 3. The van der Waals surface area contributed by atoms with E-state index in [1.165, 1.54) is 36.0 Å². The molecular formula is C17H13F3N2O3S. The molecule has 3 rings (SSSR count). The number of fused-ring (bicyclic) bond motifs is 1. The number of alkyl halides is 3. The molecule has 0 spiro atoms. The number of carbonyl (C=O) groups is 2. The third-order valence-corrected chi connectivity index (χ3v) is 4.46. The molecule has 0 aromatic heterocycles. The van der Waals surface area contributed by atoms with E-state index < -0.39 is 18.7 Å². The van der Waals surface area contributed by atoms with Crippen LogP contribution in [0.5, 0.6) is 5.75 Å². The van der Waals surface area contributed by atoms with Crippen LogP contribution < -0.4 is 15.4 Å². The van der Waals surface area contributed by atoms with Crippen LogP contribution in [0.4, 0.5) is 24.5 Å². The molecule has 0 bridgehead atoms. The Morgan fingerprint density at radius 2 is 1.92 bits per heavy atom. The zero-order valence-corrected chi connectivity index (χ0v) is 14.0. The van der Waals surface area contributed by atoms with Crippen LogP contribution in [0, 0.1) is 0 Å². The first-order valence-corrected chi connectivity index (χ1v) is 8.46. The first-order chi connectivity index (χ1) is 12.3. The normalized spacial score (nSPS) is 13.6. The van der Waals surface area contributed by atoms with Gasteiger partial charge in [-0.05, 0) is 42.5 Å². The minimum absolute atomic E-state index is 0.0499. The topological polar surface area (TPSA) is 67.4 Å². The van der Waals surface area contributed by atoms with Crippen LogP contribution in [0.3, 0.4) is 0 Å². The lowest BCUT2D eigenvalue weighted by atomic mass is 10.1. The lowest BCUT2D eigenvalue weighted by Crippen LogP contribution is -2.20. The molecule has 1 aliphatic rings. The van der Waals surface area contributed by atoms with E-state index in [9.17, 15) is 22.8 Å². The van der Waals surface area contributed by atoms with Crippen LogP contribution in [0.15, 0.2) is 47.4 Å². The molecule has 0 radical (unpaired) electrons. The zero-order chi connectivity index (χ0) is 18.7. The second-order valence-electron chi connectivity index (χ2n) is 5.43. The number of nitrogens with one attached hydrogen (secondary N) is 2. The van der Waals surface area contributed by atoms with Crippen molar-refractivity contribution in [3.63, 3.8) is 0 Å². The van der Waals surface area contributed by atoms with Gasteiger partial charge in [0.25, 0.3) is 5.91 Å². The Balaban J connectivity index is 1.65. The summed E-state index contributed by atoms with van der Waals surface area (Å²) in [5.41, 5.74) is 1.34. The number of ether oxygens (including phenoxy) is 1.